The Morgan fingerprint density at radius 3 is 3.05 bits per heavy atom. The highest BCUT2D eigenvalue weighted by atomic mass is 16.7. The molecule has 2 rings (SSSR count). The van der Waals surface area contributed by atoms with Gasteiger partial charge in [-0.2, -0.15) is 0 Å². The van der Waals surface area contributed by atoms with E-state index in [-0.39, 0.29) is 19.2 Å². The monoisotopic (exact) mass is 260 g/mol. The van der Waals surface area contributed by atoms with Crippen molar-refractivity contribution in [2.75, 3.05) is 26.9 Å². The first-order valence-electron chi connectivity index (χ1n) is 5.97. The molecule has 0 saturated heterocycles. The number of carbonyl (C=O) groups excluding carboxylic acids is 1. The summed E-state index contributed by atoms with van der Waals surface area (Å²) in [4.78, 5) is 13.4. The zero-order valence-electron chi connectivity index (χ0n) is 10.8. The van der Waals surface area contributed by atoms with E-state index in [2.05, 4.69) is 11.2 Å². The van der Waals surface area contributed by atoms with Crippen molar-refractivity contribution in [1.82, 2.24) is 10.2 Å². The maximum atomic E-state index is 11.8. The molecule has 0 atom stereocenters. The molecule has 1 heterocycles. The molecule has 1 aromatic rings. The van der Waals surface area contributed by atoms with Gasteiger partial charge in [0.25, 0.3) is 0 Å². The number of hydrogen-bond acceptors (Lipinski definition) is 4. The minimum atomic E-state index is -0.00656. The zero-order valence-corrected chi connectivity index (χ0v) is 10.8. The molecule has 5 nitrogen and oxygen atoms in total. The van der Waals surface area contributed by atoms with Crippen LogP contribution in [0.3, 0.4) is 0 Å². The number of carbonyl (C=O) groups is 1. The van der Waals surface area contributed by atoms with E-state index in [1.165, 1.54) is 0 Å². The van der Waals surface area contributed by atoms with Gasteiger partial charge in [0.05, 0.1) is 13.1 Å². The second-order valence-corrected chi connectivity index (χ2v) is 4.25. The lowest BCUT2D eigenvalue weighted by Crippen LogP contribution is -2.35. The molecule has 1 aliphatic heterocycles. The van der Waals surface area contributed by atoms with Gasteiger partial charge in [0, 0.05) is 13.6 Å². The highest BCUT2D eigenvalue weighted by Crippen LogP contribution is 2.32. The van der Waals surface area contributed by atoms with E-state index in [0.717, 1.165) is 17.1 Å². The van der Waals surface area contributed by atoms with Crippen LogP contribution in [0.4, 0.5) is 0 Å². The van der Waals surface area contributed by atoms with Crippen molar-refractivity contribution in [2.24, 2.45) is 0 Å². The van der Waals surface area contributed by atoms with E-state index in [9.17, 15) is 4.79 Å². The van der Waals surface area contributed by atoms with Gasteiger partial charge in [-0.1, -0.05) is 12.0 Å². The van der Waals surface area contributed by atoms with E-state index >= 15 is 0 Å². The van der Waals surface area contributed by atoms with Gasteiger partial charge in [-0.25, -0.2) is 0 Å². The van der Waals surface area contributed by atoms with Crippen LogP contribution in [0.2, 0.25) is 0 Å². The van der Waals surface area contributed by atoms with E-state index in [1.807, 2.05) is 18.2 Å². The molecule has 5 heteroatoms. The second kappa shape index (κ2) is 6.12. The Balaban J connectivity index is 1.90. The van der Waals surface area contributed by atoms with Gasteiger partial charge in [0.2, 0.25) is 12.7 Å². The lowest BCUT2D eigenvalue weighted by atomic mass is 10.2. The van der Waals surface area contributed by atoms with Gasteiger partial charge in [-0.15, -0.1) is 6.42 Å². The Hall–Kier alpha value is -2.19. The molecule has 0 fully saturated rings. The molecule has 1 aromatic carbocycles. The molecule has 100 valence electrons. The van der Waals surface area contributed by atoms with Crippen molar-refractivity contribution in [3.05, 3.63) is 23.8 Å². The lowest BCUT2D eigenvalue weighted by Gasteiger charge is -2.17. The standard InChI is InChI=1S/C14H16N2O3/c1-3-6-15-8-14(17)16(2)9-11-4-5-12-13(7-11)19-10-18-12/h1,4-5,7,15H,6,8-10H2,2H3. The van der Waals surface area contributed by atoms with Crippen molar-refractivity contribution >= 4 is 5.91 Å². The topological polar surface area (TPSA) is 50.8 Å². The van der Waals surface area contributed by atoms with Crippen molar-refractivity contribution in [3.8, 4) is 23.8 Å². The third-order valence-corrected chi connectivity index (χ3v) is 2.79. The van der Waals surface area contributed by atoms with Gasteiger partial charge >= 0.3 is 0 Å². The van der Waals surface area contributed by atoms with Gasteiger partial charge in [0.1, 0.15) is 0 Å². The molecule has 1 amide bonds. The minimum absolute atomic E-state index is 0.00656. The van der Waals surface area contributed by atoms with Crippen LogP contribution in [0.15, 0.2) is 18.2 Å². The number of fused-ring (bicyclic) bond motifs is 1. The Bertz CT molecular complexity index is 508. The second-order valence-electron chi connectivity index (χ2n) is 4.25. The largest absolute Gasteiger partial charge is 0.454 e. The van der Waals surface area contributed by atoms with E-state index < -0.39 is 0 Å². The molecule has 0 saturated carbocycles. The summed E-state index contributed by atoms with van der Waals surface area (Å²) in [5.74, 6) is 3.89. The Kier molecular flexibility index (Phi) is 4.26. The number of nitrogens with one attached hydrogen (secondary N) is 1. The number of nitrogens with zero attached hydrogens (tertiary/aromatic N) is 1. The molecule has 0 spiro atoms. The van der Waals surface area contributed by atoms with Gasteiger partial charge in [-0.05, 0) is 17.7 Å². The number of likely N-dealkylation sites (N-methyl/N-ethyl adjacent to an activating group) is 1. The van der Waals surface area contributed by atoms with E-state index in [1.54, 1.807) is 11.9 Å². The average Bonchev–Trinajstić information content (AvgIpc) is 2.86. The predicted octanol–water partition coefficient (Wildman–Crippen LogP) is 0.596. The van der Waals surface area contributed by atoms with E-state index in [4.69, 9.17) is 15.9 Å². The smallest absolute Gasteiger partial charge is 0.236 e. The minimum Gasteiger partial charge on any atom is -0.454 e. The molecule has 0 unspecified atom stereocenters. The number of rotatable bonds is 5. The third-order valence-electron chi connectivity index (χ3n) is 2.79. The summed E-state index contributed by atoms with van der Waals surface area (Å²) in [6.45, 7) is 1.41. The Labute approximate surface area is 112 Å². The molecule has 1 aliphatic rings. The summed E-state index contributed by atoms with van der Waals surface area (Å²) >= 11 is 0. The molecule has 1 N–H and O–H groups in total. The summed E-state index contributed by atoms with van der Waals surface area (Å²) in [7, 11) is 1.75. The Morgan fingerprint density at radius 1 is 1.47 bits per heavy atom. The van der Waals surface area contributed by atoms with Crippen molar-refractivity contribution in [1.29, 1.82) is 0 Å². The number of hydrogen-bond donors (Lipinski definition) is 1. The van der Waals surface area contributed by atoms with Crippen LogP contribution in [0, 0.1) is 12.3 Å². The fourth-order valence-electron chi connectivity index (χ4n) is 1.78. The summed E-state index contributed by atoms with van der Waals surface area (Å²) in [5, 5.41) is 2.87. The fraction of sp³-hybridized carbons (Fsp3) is 0.357. The van der Waals surface area contributed by atoms with Gasteiger partial charge < -0.3 is 14.4 Å². The number of benzene rings is 1. The van der Waals surface area contributed by atoms with Crippen molar-refractivity contribution < 1.29 is 14.3 Å². The average molecular weight is 260 g/mol. The first-order valence-corrected chi connectivity index (χ1v) is 5.97. The van der Waals surface area contributed by atoms with Crippen LogP contribution in [0.5, 0.6) is 11.5 Å². The van der Waals surface area contributed by atoms with Crippen molar-refractivity contribution in [3.63, 3.8) is 0 Å². The summed E-state index contributed by atoms with van der Waals surface area (Å²) < 4.78 is 10.5. The SMILES string of the molecule is C#CCNCC(=O)N(C)Cc1ccc2c(c1)OCO2. The molecule has 0 aromatic heterocycles. The van der Waals surface area contributed by atoms with Crippen LogP contribution in [0.25, 0.3) is 0 Å². The van der Waals surface area contributed by atoms with Crippen LogP contribution < -0.4 is 14.8 Å². The maximum Gasteiger partial charge on any atom is 0.236 e. The molecular weight excluding hydrogens is 244 g/mol. The highest BCUT2D eigenvalue weighted by molar-refractivity contribution is 5.78. The predicted molar refractivity (Wildman–Crippen MR) is 70.7 cm³/mol. The van der Waals surface area contributed by atoms with Crippen LogP contribution in [0.1, 0.15) is 5.56 Å². The Morgan fingerprint density at radius 2 is 2.26 bits per heavy atom. The summed E-state index contributed by atoms with van der Waals surface area (Å²) in [6, 6.07) is 5.67. The fourth-order valence-corrected chi connectivity index (χ4v) is 1.78. The zero-order chi connectivity index (χ0) is 13.7. The normalized spacial score (nSPS) is 12.0. The molecule has 19 heavy (non-hydrogen) atoms. The highest BCUT2D eigenvalue weighted by Gasteiger charge is 2.15. The number of amides is 1. The first-order chi connectivity index (χ1) is 9.20. The van der Waals surface area contributed by atoms with Crippen LogP contribution in [-0.4, -0.2) is 37.7 Å². The molecule has 0 aliphatic carbocycles. The molecular formula is C14H16N2O3. The van der Waals surface area contributed by atoms with Gasteiger partial charge in [0.15, 0.2) is 11.5 Å². The van der Waals surface area contributed by atoms with Crippen LogP contribution >= 0.6 is 0 Å². The molecule has 0 radical (unpaired) electrons. The van der Waals surface area contributed by atoms with E-state index in [0.29, 0.717) is 13.1 Å². The summed E-state index contributed by atoms with van der Waals surface area (Å²) in [6.07, 6.45) is 5.10. The van der Waals surface area contributed by atoms with Gasteiger partial charge in [-0.3, -0.25) is 10.1 Å². The molecule has 0 bridgehead atoms. The number of terminal acetylenes is 1. The third kappa shape index (κ3) is 3.39. The lowest BCUT2D eigenvalue weighted by molar-refractivity contribution is -0.129. The summed E-state index contributed by atoms with van der Waals surface area (Å²) in [5.41, 5.74) is 0.997. The van der Waals surface area contributed by atoms with Crippen LogP contribution in [-0.2, 0) is 11.3 Å². The first kappa shape index (κ1) is 13.2. The number of ether oxygens (including phenoxy) is 2. The van der Waals surface area contributed by atoms with Crippen molar-refractivity contribution in [2.45, 2.75) is 6.54 Å². The maximum absolute atomic E-state index is 11.8. The quantitative estimate of drug-likeness (QED) is 0.622.